The highest BCUT2D eigenvalue weighted by Gasteiger charge is 2.25. The third-order valence-electron chi connectivity index (χ3n) is 4.77. The topological polar surface area (TPSA) is 92.3 Å². The van der Waals surface area contributed by atoms with E-state index in [0.29, 0.717) is 10.7 Å². The van der Waals surface area contributed by atoms with Gasteiger partial charge in [-0.2, -0.15) is 0 Å². The van der Waals surface area contributed by atoms with Crippen LogP contribution in [0.2, 0.25) is 5.02 Å². The number of amides is 1. The summed E-state index contributed by atoms with van der Waals surface area (Å²) in [7, 11) is -3.91. The van der Waals surface area contributed by atoms with Crippen molar-refractivity contribution in [3.63, 3.8) is 0 Å². The summed E-state index contributed by atoms with van der Waals surface area (Å²) in [6.45, 7) is 1.97. The van der Waals surface area contributed by atoms with E-state index in [9.17, 15) is 13.2 Å². The van der Waals surface area contributed by atoms with Gasteiger partial charge in [-0.1, -0.05) is 71.5 Å². The van der Waals surface area contributed by atoms with Crippen molar-refractivity contribution < 1.29 is 13.2 Å². The fraction of sp³-hybridized carbons (Fsp3) is 0.0870. The number of nitrogens with one attached hydrogen (secondary N) is 1. The number of benzene rings is 3. The Balaban J connectivity index is 1.61. The Morgan fingerprint density at radius 1 is 1.00 bits per heavy atom. The van der Waals surface area contributed by atoms with Crippen LogP contribution in [0.5, 0.6) is 0 Å². The van der Waals surface area contributed by atoms with E-state index in [1.54, 1.807) is 31.2 Å². The van der Waals surface area contributed by atoms with E-state index in [-0.39, 0.29) is 27.2 Å². The largest absolute Gasteiger partial charge is 0.296 e. The van der Waals surface area contributed by atoms with Gasteiger partial charge < -0.3 is 0 Å². The summed E-state index contributed by atoms with van der Waals surface area (Å²) < 4.78 is 27.9. The molecule has 0 saturated carbocycles. The Bertz CT molecular complexity index is 1380. The molecule has 1 N–H and O–H groups in total. The van der Waals surface area contributed by atoms with Gasteiger partial charge >= 0.3 is 0 Å². The molecule has 0 spiro atoms. The zero-order valence-electron chi connectivity index (χ0n) is 17.5. The smallest absolute Gasteiger partial charge is 0.264 e. The molecule has 1 heterocycles. The van der Waals surface area contributed by atoms with Gasteiger partial charge in [0, 0.05) is 12.1 Å². The number of sulfonamides is 1. The van der Waals surface area contributed by atoms with Crippen LogP contribution in [-0.2, 0) is 10.0 Å². The van der Waals surface area contributed by atoms with Crippen molar-refractivity contribution in [2.45, 2.75) is 11.8 Å². The van der Waals surface area contributed by atoms with Gasteiger partial charge in [-0.3, -0.25) is 14.4 Å². The molecule has 3 aromatic carbocycles. The average Bonchev–Trinajstić information content (AvgIpc) is 3.29. The molecule has 4 aromatic rings. The summed E-state index contributed by atoms with van der Waals surface area (Å²) in [5.74, 6) is -0.574. The van der Waals surface area contributed by atoms with Crippen LogP contribution in [-0.4, -0.2) is 31.1 Å². The molecule has 7 nitrogen and oxygen atoms in total. The van der Waals surface area contributed by atoms with Gasteiger partial charge in [0.2, 0.25) is 5.13 Å². The number of anilines is 2. The van der Waals surface area contributed by atoms with Crippen molar-refractivity contribution in [1.29, 1.82) is 0 Å². The van der Waals surface area contributed by atoms with Gasteiger partial charge in [-0.25, -0.2) is 8.42 Å². The molecular formula is C23H19ClN4O3S2. The van der Waals surface area contributed by atoms with Crippen molar-refractivity contribution in [3.05, 3.63) is 89.4 Å². The SMILES string of the molecule is CCN(c1ccccc1)S(=O)(=O)c1ccc(Cl)c(C(=O)Nc2nnc(-c3ccccc3)s2)c1. The summed E-state index contributed by atoms with van der Waals surface area (Å²) >= 11 is 7.44. The maximum absolute atomic E-state index is 13.3. The number of halogens is 1. The lowest BCUT2D eigenvalue weighted by atomic mass is 10.2. The van der Waals surface area contributed by atoms with E-state index >= 15 is 0 Å². The van der Waals surface area contributed by atoms with Crippen LogP contribution in [0.4, 0.5) is 10.8 Å². The van der Waals surface area contributed by atoms with Crippen LogP contribution in [0.3, 0.4) is 0 Å². The standard InChI is InChI=1S/C23H19ClN4O3S2/c1-2-28(17-11-7-4-8-12-17)33(30,31)18-13-14-20(24)19(15-18)21(29)25-23-27-26-22(32-23)16-9-5-3-6-10-16/h3-15H,2H2,1H3,(H,25,27,29). The third kappa shape index (κ3) is 4.90. The minimum atomic E-state index is -3.91. The molecule has 0 bridgehead atoms. The summed E-state index contributed by atoms with van der Waals surface area (Å²) in [5, 5.41) is 11.8. The van der Waals surface area contributed by atoms with Gasteiger partial charge in [0.05, 0.1) is 21.2 Å². The molecule has 168 valence electrons. The molecule has 10 heteroatoms. The first-order chi connectivity index (χ1) is 15.9. The number of nitrogens with zero attached hydrogens (tertiary/aromatic N) is 3. The highest BCUT2D eigenvalue weighted by Crippen LogP contribution is 2.29. The second-order valence-electron chi connectivity index (χ2n) is 6.88. The summed E-state index contributed by atoms with van der Waals surface area (Å²) in [4.78, 5) is 12.9. The van der Waals surface area contributed by atoms with Crippen molar-refractivity contribution in [3.8, 4) is 10.6 Å². The number of carbonyl (C=O) groups excluding carboxylic acids is 1. The lowest BCUT2D eigenvalue weighted by Crippen LogP contribution is -2.31. The number of hydrogen-bond donors (Lipinski definition) is 1. The fourth-order valence-corrected chi connectivity index (χ4v) is 5.64. The van der Waals surface area contributed by atoms with E-state index in [1.165, 1.54) is 33.8 Å². The minimum absolute atomic E-state index is 0.0262. The third-order valence-corrected chi connectivity index (χ3v) is 7.88. The molecule has 33 heavy (non-hydrogen) atoms. The predicted molar refractivity (Wildman–Crippen MR) is 131 cm³/mol. The Kier molecular flexibility index (Phi) is 6.73. The van der Waals surface area contributed by atoms with Gasteiger partial charge in [0.15, 0.2) is 0 Å². The zero-order valence-corrected chi connectivity index (χ0v) is 19.9. The van der Waals surface area contributed by atoms with Gasteiger partial charge in [0.1, 0.15) is 5.01 Å². The molecule has 1 amide bonds. The van der Waals surface area contributed by atoms with Crippen molar-refractivity contribution in [2.75, 3.05) is 16.2 Å². The second-order valence-corrected chi connectivity index (χ2v) is 10.1. The normalized spacial score (nSPS) is 11.2. The van der Waals surface area contributed by atoms with Crippen LogP contribution in [0.1, 0.15) is 17.3 Å². The van der Waals surface area contributed by atoms with Crippen LogP contribution >= 0.6 is 22.9 Å². The molecule has 0 aliphatic rings. The van der Waals surface area contributed by atoms with Gasteiger partial charge in [0.25, 0.3) is 15.9 Å². The summed E-state index contributed by atoms with van der Waals surface area (Å²) in [5.41, 5.74) is 1.43. The summed E-state index contributed by atoms with van der Waals surface area (Å²) in [6, 6.07) is 22.3. The van der Waals surface area contributed by atoms with E-state index in [0.717, 1.165) is 5.56 Å². The Morgan fingerprint density at radius 3 is 2.33 bits per heavy atom. The summed E-state index contributed by atoms with van der Waals surface area (Å²) in [6.07, 6.45) is 0. The highest BCUT2D eigenvalue weighted by molar-refractivity contribution is 7.92. The maximum atomic E-state index is 13.3. The first-order valence-corrected chi connectivity index (χ1v) is 12.6. The Hall–Kier alpha value is -3.27. The molecule has 1 aromatic heterocycles. The highest BCUT2D eigenvalue weighted by atomic mass is 35.5. The molecule has 0 radical (unpaired) electrons. The van der Waals surface area contributed by atoms with Crippen molar-refractivity contribution in [1.82, 2.24) is 10.2 Å². The number of carbonyl (C=O) groups is 1. The maximum Gasteiger partial charge on any atom is 0.264 e. The van der Waals surface area contributed by atoms with E-state index in [4.69, 9.17) is 11.6 Å². The molecule has 0 aliphatic carbocycles. The number of aromatic nitrogens is 2. The molecule has 0 aliphatic heterocycles. The molecular weight excluding hydrogens is 480 g/mol. The monoisotopic (exact) mass is 498 g/mol. The van der Waals surface area contributed by atoms with E-state index in [2.05, 4.69) is 15.5 Å². The van der Waals surface area contributed by atoms with Crippen molar-refractivity contribution in [2.24, 2.45) is 0 Å². The second kappa shape index (κ2) is 9.70. The fourth-order valence-electron chi connectivity index (χ4n) is 3.19. The van der Waals surface area contributed by atoms with Crippen LogP contribution < -0.4 is 9.62 Å². The quantitative estimate of drug-likeness (QED) is 0.372. The average molecular weight is 499 g/mol. The van der Waals surface area contributed by atoms with Gasteiger partial charge in [-0.05, 0) is 37.3 Å². The predicted octanol–water partition coefficient (Wildman–Crippen LogP) is 5.33. The zero-order chi connectivity index (χ0) is 23.4. The molecule has 0 atom stereocenters. The lowest BCUT2D eigenvalue weighted by molar-refractivity contribution is 0.102. The van der Waals surface area contributed by atoms with Crippen LogP contribution in [0.15, 0.2) is 83.8 Å². The number of para-hydroxylation sites is 1. The molecule has 0 saturated heterocycles. The Morgan fingerprint density at radius 2 is 1.67 bits per heavy atom. The Labute approximate surface area is 200 Å². The first kappa shape index (κ1) is 22.9. The minimum Gasteiger partial charge on any atom is -0.296 e. The van der Waals surface area contributed by atoms with Gasteiger partial charge in [-0.15, -0.1) is 10.2 Å². The molecule has 0 unspecified atom stereocenters. The number of rotatable bonds is 7. The molecule has 4 rings (SSSR count). The molecule has 0 fully saturated rings. The first-order valence-electron chi connectivity index (χ1n) is 9.97. The number of hydrogen-bond acceptors (Lipinski definition) is 6. The van der Waals surface area contributed by atoms with Crippen LogP contribution in [0.25, 0.3) is 10.6 Å². The van der Waals surface area contributed by atoms with E-state index in [1.807, 2.05) is 36.4 Å². The van der Waals surface area contributed by atoms with Crippen molar-refractivity contribution >= 4 is 49.7 Å². The van der Waals surface area contributed by atoms with Crippen LogP contribution in [0, 0.1) is 0 Å². The lowest BCUT2D eigenvalue weighted by Gasteiger charge is -2.23. The van der Waals surface area contributed by atoms with E-state index < -0.39 is 15.9 Å².